The van der Waals surface area contributed by atoms with E-state index in [-0.39, 0.29) is 12.4 Å². The molecule has 0 radical (unpaired) electrons. The number of hydrogen-bond donors (Lipinski definition) is 2. The van der Waals surface area contributed by atoms with Gasteiger partial charge < -0.3 is 15.3 Å². The van der Waals surface area contributed by atoms with Gasteiger partial charge in [0.05, 0.1) is 24.0 Å². The molecule has 3 aromatic rings. The lowest BCUT2D eigenvalue weighted by Gasteiger charge is -2.34. The molecule has 1 heterocycles. The number of anilines is 2. The highest BCUT2D eigenvalue weighted by Gasteiger charge is 2.24. The van der Waals surface area contributed by atoms with Crippen molar-refractivity contribution in [1.82, 2.24) is 5.32 Å². The van der Waals surface area contributed by atoms with Crippen molar-refractivity contribution in [2.75, 3.05) is 18.0 Å². The Bertz CT molecular complexity index is 829. The number of β-amino-alcohol motifs (C(OH)–C–C–N with tert-alkyl or cyclic N) is 1. The molecule has 0 aromatic heterocycles. The van der Waals surface area contributed by atoms with Gasteiger partial charge in [-0.05, 0) is 29.8 Å². The smallest absolute Gasteiger partial charge is 0.0843 e. The molecule has 2 N–H and O–H groups in total. The van der Waals surface area contributed by atoms with Gasteiger partial charge in [0, 0.05) is 22.9 Å². The Balaban J connectivity index is 0.00000210. The van der Waals surface area contributed by atoms with Gasteiger partial charge in [0.2, 0.25) is 0 Å². The van der Waals surface area contributed by atoms with E-state index >= 15 is 0 Å². The predicted molar refractivity (Wildman–Crippen MR) is 115 cm³/mol. The zero-order valence-electron chi connectivity index (χ0n) is 14.9. The molecule has 1 aliphatic heterocycles. The standard InChI is InChI=1S/C22H22N2OS.ClH/c25-18(15-23-14-17-8-2-1-3-9-17)16-24-19-10-4-6-12-21(19)26-22-13-7-5-11-20(22)24;/h1-13,18,23,25H,14-16H2;1H. The van der Waals surface area contributed by atoms with E-state index in [0.29, 0.717) is 13.1 Å². The summed E-state index contributed by atoms with van der Waals surface area (Å²) in [5.74, 6) is 0. The summed E-state index contributed by atoms with van der Waals surface area (Å²) < 4.78 is 0. The number of aliphatic hydroxyl groups excluding tert-OH is 1. The fourth-order valence-electron chi connectivity index (χ4n) is 3.23. The molecule has 0 bridgehead atoms. The summed E-state index contributed by atoms with van der Waals surface area (Å²) in [7, 11) is 0. The molecule has 5 heteroatoms. The lowest BCUT2D eigenvalue weighted by Crippen LogP contribution is -2.37. The highest BCUT2D eigenvalue weighted by atomic mass is 35.5. The summed E-state index contributed by atoms with van der Waals surface area (Å²) >= 11 is 1.79. The Labute approximate surface area is 170 Å². The van der Waals surface area contributed by atoms with Gasteiger partial charge in [0.15, 0.2) is 0 Å². The first kappa shape index (κ1) is 19.8. The zero-order valence-corrected chi connectivity index (χ0v) is 16.5. The van der Waals surface area contributed by atoms with Crippen molar-refractivity contribution in [1.29, 1.82) is 0 Å². The van der Waals surface area contributed by atoms with Crippen LogP contribution in [0.15, 0.2) is 88.7 Å². The van der Waals surface area contributed by atoms with Crippen LogP contribution in [-0.4, -0.2) is 24.3 Å². The molecule has 0 aliphatic carbocycles. The average molecular weight is 399 g/mol. The molecule has 0 spiro atoms. The third kappa shape index (κ3) is 4.66. The highest BCUT2D eigenvalue weighted by molar-refractivity contribution is 7.99. The van der Waals surface area contributed by atoms with Crippen molar-refractivity contribution < 1.29 is 5.11 Å². The van der Waals surface area contributed by atoms with E-state index in [4.69, 9.17) is 0 Å². The van der Waals surface area contributed by atoms with Crippen LogP contribution in [0.5, 0.6) is 0 Å². The maximum atomic E-state index is 10.6. The van der Waals surface area contributed by atoms with Gasteiger partial charge in [-0.3, -0.25) is 0 Å². The Kier molecular flexibility index (Phi) is 6.80. The number of nitrogens with zero attached hydrogens (tertiary/aromatic N) is 1. The molecule has 140 valence electrons. The Hall–Kier alpha value is -1.98. The Morgan fingerprint density at radius 3 is 2.00 bits per heavy atom. The quantitative estimate of drug-likeness (QED) is 0.621. The Morgan fingerprint density at radius 1 is 0.815 bits per heavy atom. The number of aliphatic hydroxyl groups is 1. The summed E-state index contributed by atoms with van der Waals surface area (Å²) in [6, 6.07) is 27.0. The van der Waals surface area contributed by atoms with E-state index in [1.165, 1.54) is 26.7 Å². The van der Waals surface area contributed by atoms with E-state index in [9.17, 15) is 5.11 Å². The fraction of sp³-hybridized carbons (Fsp3) is 0.182. The number of hydrogen-bond acceptors (Lipinski definition) is 4. The summed E-state index contributed by atoms with van der Waals surface area (Å²) in [6.45, 7) is 1.89. The summed E-state index contributed by atoms with van der Waals surface area (Å²) in [4.78, 5) is 4.70. The molecule has 0 saturated carbocycles. The molecule has 1 aliphatic rings. The molecule has 3 nitrogen and oxygen atoms in total. The van der Waals surface area contributed by atoms with Crippen molar-refractivity contribution in [3.05, 3.63) is 84.4 Å². The van der Waals surface area contributed by atoms with Gasteiger partial charge in [-0.25, -0.2) is 0 Å². The van der Waals surface area contributed by atoms with Gasteiger partial charge in [-0.2, -0.15) is 0 Å². The van der Waals surface area contributed by atoms with Crippen molar-refractivity contribution in [3.63, 3.8) is 0 Å². The fourth-order valence-corrected chi connectivity index (χ4v) is 4.33. The van der Waals surface area contributed by atoms with Crippen LogP contribution < -0.4 is 10.2 Å². The number of halogens is 1. The largest absolute Gasteiger partial charge is 0.390 e. The van der Waals surface area contributed by atoms with Crippen molar-refractivity contribution >= 4 is 35.5 Å². The minimum Gasteiger partial charge on any atom is -0.390 e. The van der Waals surface area contributed by atoms with Crippen LogP contribution in [0.25, 0.3) is 0 Å². The first-order valence-electron chi connectivity index (χ1n) is 8.87. The van der Waals surface area contributed by atoms with E-state index < -0.39 is 6.10 Å². The van der Waals surface area contributed by atoms with Crippen LogP contribution in [0.4, 0.5) is 11.4 Å². The number of rotatable bonds is 6. The number of fused-ring (bicyclic) bond motifs is 2. The molecule has 1 unspecified atom stereocenters. The highest BCUT2D eigenvalue weighted by Crippen LogP contribution is 2.47. The van der Waals surface area contributed by atoms with Crippen LogP contribution >= 0.6 is 24.2 Å². The first-order valence-corrected chi connectivity index (χ1v) is 9.69. The van der Waals surface area contributed by atoms with E-state index in [0.717, 1.165) is 6.54 Å². The first-order chi connectivity index (χ1) is 12.8. The number of nitrogens with one attached hydrogen (secondary N) is 1. The normalized spacial score (nSPS) is 13.3. The Morgan fingerprint density at radius 2 is 1.37 bits per heavy atom. The van der Waals surface area contributed by atoms with Gasteiger partial charge in [0.25, 0.3) is 0 Å². The molecule has 27 heavy (non-hydrogen) atoms. The lowest BCUT2D eigenvalue weighted by atomic mass is 10.2. The van der Waals surface area contributed by atoms with Crippen molar-refractivity contribution in [2.45, 2.75) is 22.4 Å². The summed E-state index contributed by atoms with van der Waals surface area (Å²) in [6.07, 6.45) is -0.456. The van der Waals surface area contributed by atoms with Gasteiger partial charge in [0.1, 0.15) is 0 Å². The predicted octanol–water partition coefficient (Wildman–Crippen LogP) is 4.86. The van der Waals surface area contributed by atoms with E-state index in [2.05, 4.69) is 70.9 Å². The SMILES string of the molecule is Cl.OC(CNCc1ccccc1)CN1c2ccccc2Sc2ccccc21. The topological polar surface area (TPSA) is 35.5 Å². The average Bonchev–Trinajstić information content (AvgIpc) is 2.68. The molecule has 0 amide bonds. The molecule has 0 saturated heterocycles. The number of benzene rings is 3. The second kappa shape index (κ2) is 9.29. The second-order valence-electron chi connectivity index (χ2n) is 6.42. The minimum atomic E-state index is -0.456. The van der Waals surface area contributed by atoms with Gasteiger partial charge in [-0.1, -0.05) is 66.4 Å². The third-order valence-corrected chi connectivity index (χ3v) is 5.61. The molecular formula is C22H23ClN2OS. The third-order valence-electron chi connectivity index (χ3n) is 4.48. The van der Waals surface area contributed by atoms with Crippen LogP contribution in [0.1, 0.15) is 5.56 Å². The van der Waals surface area contributed by atoms with Crippen molar-refractivity contribution in [3.8, 4) is 0 Å². The lowest BCUT2D eigenvalue weighted by molar-refractivity contribution is 0.179. The number of para-hydroxylation sites is 2. The van der Waals surface area contributed by atoms with Gasteiger partial charge in [-0.15, -0.1) is 12.4 Å². The van der Waals surface area contributed by atoms with E-state index in [1.807, 2.05) is 18.2 Å². The van der Waals surface area contributed by atoms with E-state index in [1.54, 1.807) is 11.8 Å². The zero-order chi connectivity index (χ0) is 17.8. The molecule has 3 aromatic carbocycles. The van der Waals surface area contributed by atoms with Crippen LogP contribution in [0, 0.1) is 0 Å². The van der Waals surface area contributed by atoms with Crippen molar-refractivity contribution in [2.24, 2.45) is 0 Å². The monoisotopic (exact) mass is 398 g/mol. The second-order valence-corrected chi connectivity index (χ2v) is 7.50. The van der Waals surface area contributed by atoms with Crippen LogP contribution in [0.3, 0.4) is 0 Å². The van der Waals surface area contributed by atoms with Crippen LogP contribution in [-0.2, 0) is 6.54 Å². The maximum Gasteiger partial charge on any atom is 0.0843 e. The molecule has 4 rings (SSSR count). The summed E-state index contributed by atoms with van der Waals surface area (Å²) in [5, 5.41) is 14.0. The maximum absolute atomic E-state index is 10.6. The summed E-state index contributed by atoms with van der Waals surface area (Å²) in [5.41, 5.74) is 3.56. The van der Waals surface area contributed by atoms with Gasteiger partial charge >= 0.3 is 0 Å². The molecule has 0 fully saturated rings. The van der Waals surface area contributed by atoms with Crippen LogP contribution in [0.2, 0.25) is 0 Å². The molecular weight excluding hydrogens is 376 g/mol. The minimum absolute atomic E-state index is 0. The molecule has 1 atom stereocenters.